The Morgan fingerprint density at radius 2 is 1.92 bits per heavy atom. The van der Waals surface area contributed by atoms with E-state index in [0.29, 0.717) is 11.1 Å². The zero-order valence-corrected chi connectivity index (χ0v) is 14.7. The summed E-state index contributed by atoms with van der Waals surface area (Å²) < 4.78 is 10.8. The number of halogens is 2. The third-order valence-electron chi connectivity index (χ3n) is 4.23. The molecular weight excluding hydrogens is 367 g/mol. The minimum Gasteiger partial charge on any atom is -0.480 e. The first-order chi connectivity index (χ1) is 11.9. The number of carboxylic acid groups (broad SMARTS) is 1. The number of carbonyl (C=O) groups excluding carboxylic acids is 1. The highest BCUT2D eigenvalue weighted by atomic mass is 35.5. The molecule has 0 fully saturated rings. The van der Waals surface area contributed by atoms with E-state index >= 15 is 0 Å². The lowest BCUT2D eigenvalue weighted by Gasteiger charge is -2.26. The van der Waals surface area contributed by atoms with Crippen LogP contribution in [0.2, 0.25) is 10.0 Å². The number of carbonyl (C=O) groups is 2. The molecule has 0 spiro atoms. The highest BCUT2D eigenvalue weighted by Crippen LogP contribution is 2.47. The van der Waals surface area contributed by atoms with Gasteiger partial charge in [-0.1, -0.05) is 53.5 Å². The van der Waals surface area contributed by atoms with Gasteiger partial charge in [-0.15, -0.1) is 0 Å². The first-order valence-corrected chi connectivity index (χ1v) is 8.17. The summed E-state index contributed by atoms with van der Waals surface area (Å²) in [5, 5.41) is 8.82. The van der Waals surface area contributed by atoms with Crippen molar-refractivity contribution in [1.82, 2.24) is 0 Å². The predicted molar refractivity (Wildman–Crippen MR) is 92.8 cm³/mol. The van der Waals surface area contributed by atoms with Crippen LogP contribution in [0.15, 0.2) is 36.4 Å². The molecule has 5 nitrogen and oxygen atoms in total. The van der Waals surface area contributed by atoms with Crippen molar-refractivity contribution in [3.8, 4) is 5.75 Å². The van der Waals surface area contributed by atoms with Crippen LogP contribution in [0.4, 0.5) is 0 Å². The number of ether oxygens (including phenoxy) is 2. The lowest BCUT2D eigenvalue weighted by atomic mass is 9.89. The maximum Gasteiger partial charge on any atom is 0.341 e. The number of Topliss-reactive ketones (excluding diaryl/α,β-unsaturated/α-hetero) is 1. The number of benzene rings is 2. The van der Waals surface area contributed by atoms with Crippen molar-refractivity contribution in [2.75, 3.05) is 13.7 Å². The van der Waals surface area contributed by atoms with E-state index in [0.717, 1.165) is 0 Å². The van der Waals surface area contributed by atoms with Gasteiger partial charge in [0.2, 0.25) is 5.78 Å². The summed E-state index contributed by atoms with van der Waals surface area (Å²) in [6.45, 7) is -0.559. The van der Waals surface area contributed by atoms with Crippen LogP contribution in [0.1, 0.15) is 21.5 Å². The number of aliphatic carboxylic acids is 1. The molecule has 130 valence electrons. The Labute approximate surface area is 154 Å². The fourth-order valence-corrected chi connectivity index (χ4v) is 3.56. The van der Waals surface area contributed by atoms with Crippen molar-refractivity contribution < 1.29 is 24.2 Å². The number of methoxy groups -OCH3 is 1. The summed E-state index contributed by atoms with van der Waals surface area (Å²) in [7, 11) is 1.47. The van der Waals surface area contributed by atoms with Gasteiger partial charge in [0.1, 0.15) is 10.8 Å². The fourth-order valence-electron chi connectivity index (χ4n) is 3.06. The summed E-state index contributed by atoms with van der Waals surface area (Å²) in [4.78, 5) is 23.8. The Kier molecular flexibility index (Phi) is 4.73. The first-order valence-electron chi connectivity index (χ1n) is 7.41. The molecule has 1 N–H and O–H groups in total. The third kappa shape index (κ3) is 2.88. The molecule has 2 aromatic rings. The standard InChI is InChI=1S/C18H14Cl2O5/c1-24-18(11-5-3-2-4-6-11)8-10-7-12(25-9-13(21)22)15(19)16(20)14(10)17(18)23/h2-7H,8-9H2,1H3,(H,21,22)/t18-/m1/s1. The molecule has 0 amide bonds. The Bertz CT molecular complexity index is 850. The highest BCUT2D eigenvalue weighted by molar-refractivity contribution is 6.45. The van der Waals surface area contributed by atoms with Gasteiger partial charge >= 0.3 is 5.97 Å². The molecule has 0 aliphatic heterocycles. The average molecular weight is 381 g/mol. The minimum absolute atomic E-state index is 0.00924. The van der Waals surface area contributed by atoms with Gasteiger partial charge in [0.25, 0.3) is 0 Å². The Morgan fingerprint density at radius 3 is 2.52 bits per heavy atom. The van der Waals surface area contributed by atoms with Gasteiger partial charge < -0.3 is 14.6 Å². The normalized spacial score (nSPS) is 18.9. The summed E-state index contributed by atoms with van der Waals surface area (Å²) >= 11 is 12.5. The third-order valence-corrected chi connectivity index (χ3v) is 5.08. The second-order valence-corrected chi connectivity index (χ2v) is 6.38. The average Bonchev–Trinajstić information content (AvgIpc) is 2.90. The number of fused-ring (bicyclic) bond motifs is 1. The molecule has 1 atom stereocenters. The maximum absolute atomic E-state index is 13.1. The summed E-state index contributed by atoms with van der Waals surface area (Å²) in [6.07, 6.45) is 0.252. The number of hydrogen-bond acceptors (Lipinski definition) is 4. The molecule has 7 heteroatoms. The molecule has 3 rings (SSSR count). The van der Waals surface area contributed by atoms with E-state index in [-0.39, 0.29) is 33.6 Å². The molecule has 0 aromatic heterocycles. The maximum atomic E-state index is 13.1. The lowest BCUT2D eigenvalue weighted by Crippen LogP contribution is -2.35. The number of ketones is 1. The van der Waals surface area contributed by atoms with Crippen molar-refractivity contribution in [1.29, 1.82) is 0 Å². The van der Waals surface area contributed by atoms with Gasteiger partial charge in [0.15, 0.2) is 12.2 Å². The first kappa shape index (κ1) is 17.7. The van der Waals surface area contributed by atoms with Crippen LogP contribution in [0.5, 0.6) is 5.75 Å². The van der Waals surface area contributed by atoms with E-state index in [2.05, 4.69) is 0 Å². The zero-order chi connectivity index (χ0) is 18.2. The molecule has 0 saturated heterocycles. The van der Waals surface area contributed by atoms with Crippen molar-refractivity contribution >= 4 is 35.0 Å². The summed E-state index contributed by atoms with van der Waals surface area (Å²) in [5.41, 5.74) is 0.395. The largest absolute Gasteiger partial charge is 0.480 e. The van der Waals surface area contributed by atoms with E-state index in [1.54, 1.807) is 6.07 Å². The molecule has 2 aromatic carbocycles. The second-order valence-electron chi connectivity index (χ2n) is 5.62. The fraction of sp³-hybridized carbons (Fsp3) is 0.222. The van der Waals surface area contributed by atoms with E-state index in [1.807, 2.05) is 30.3 Å². The van der Waals surface area contributed by atoms with E-state index < -0.39 is 18.2 Å². The lowest BCUT2D eigenvalue weighted by molar-refractivity contribution is -0.139. The minimum atomic E-state index is -1.19. The van der Waals surface area contributed by atoms with Crippen LogP contribution in [0.25, 0.3) is 0 Å². The molecular formula is C18H14Cl2O5. The molecule has 0 unspecified atom stereocenters. The van der Waals surface area contributed by atoms with E-state index in [4.69, 9.17) is 37.8 Å². The van der Waals surface area contributed by atoms with Crippen LogP contribution in [0, 0.1) is 0 Å². The van der Waals surface area contributed by atoms with Gasteiger partial charge in [-0.3, -0.25) is 4.79 Å². The summed E-state index contributed by atoms with van der Waals surface area (Å²) in [6, 6.07) is 10.7. The number of carboxylic acids is 1. The topological polar surface area (TPSA) is 72.8 Å². The number of hydrogen-bond donors (Lipinski definition) is 1. The monoisotopic (exact) mass is 380 g/mol. The van der Waals surface area contributed by atoms with Gasteiger partial charge in [-0.2, -0.15) is 0 Å². The Balaban J connectivity index is 2.09. The van der Waals surface area contributed by atoms with E-state index in [9.17, 15) is 9.59 Å². The predicted octanol–water partition coefficient (Wildman–Crippen LogP) is 3.74. The quantitative estimate of drug-likeness (QED) is 0.854. The van der Waals surface area contributed by atoms with Gasteiger partial charge in [0.05, 0.1) is 5.02 Å². The SMILES string of the molecule is CO[C@@]1(c2ccccc2)Cc2cc(OCC(=O)O)c(Cl)c(Cl)c2C1=O. The van der Waals surface area contributed by atoms with Crippen molar-refractivity contribution in [2.24, 2.45) is 0 Å². The van der Waals surface area contributed by atoms with Crippen molar-refractivity contribution in [3.05, 3.63) is 63.1 Å². The van der Waals surface area contributed by atoms with E-state index in [1.165, 1.54) is 7.11 Å². The highest BCUT2D eigenvalue weighted by Gasteiger charge is 2.49. The summed E-state index contributed by atoms with van der Waals surface area (Å²) in [5.74, 6) is -1.30. The smallest absolute Gasteiger partial charge is 0.341 e. The van der Waals surface area contributed by atoms with Crippen LogP contribution in [-0.4, -0.2) is 30.6 Å². The van der Waals surface area contributed by atoms with Crippen LogP contribution >= 0.6 is 23.2 Å². The Hall–Kier alpha value is -2.08. The van der Waals surface area contributed by atoms with Gasteiger partial charge in [-0.05, 0) is 17.2 Å². The van der Waals surface area contributed by atoms with Crippen molar-refractivity contribution in [3.63, 3.8) is 0 Å². The van der Waals surface area contributed by atoms with Gasteiger partial charge in [-0.25, -0.2) is 4.79 Å². The van der Waals surface area contributed by atoms with Crippen molar-refractivity contribution in [2.45, 2.75) is 12.0 Å². The van der Waals surface area contributed by atoms with Gasteiger partial charge in [0, 0.05) is 19.1 Å². The molecule has 1 aliphatic rings. The second kappa shape index (κ2) is 6.67. The van der Waals surface area contributed by atoms with Crippen LogP contribution in [0.3, 0.4) is 0 Å². The molecule has 0 heterocycles. The Morgan fingerprint density at radius 1 is 1.24 bits per heavy atom. The van der Waals surface area contributed by atoms with Crippen LogP contribution in [-0.2, 0) is 21.6 Å². The molecule has 0 saturated carbocycles. The molecule has 1 aliphatic carbocycles. The number of rotatable bonds is 5. The van der Waals surface area contributed by atoms with Crippen LogP contribution < -0.4 is 4.74 Å². The molecule has 0 bridgehead atoms. The molecule has 25 heavy (non-hydrogen) atoms. The molecule has 0 radical (unpaired) electrons. The zero-order valence-electron chi connectivity index (χ0n) is 13.2.